The van der Waals surface area contributed by atoms with Gasteiger partial charge in [-0.05, 0) is 24.6 Å². The minimum absolute atomic E-state index is 0.222. The summed E-state index contributed by atoms with van der Waals surface area (Å²) in [6.07, 6.45) is 0. The molecule has 6 heteroatoms. The van der Waals surface area contributed by atoms with E-state index in [2.05, 4.69) is 0 Å². The Kier molecular flexibility index (Phi) is 4.16. The number of hydrogen-bond acceptors (Lipinski definition) is 2. The van der Waals surface area contributed by atoms with Gasteiger partial charge in [0.1, 0.15) is 23.8 Å². The van der Waals surface area contributed by atoms with Crippen molar-refractivity contribution in [3.8, 4) is 5.75 Å². The van der Waals surface area contributed by atoms with Gasteiger partial charge in [-0.1, -0.05) is 18.2 Å². The molecule has 2 N–H and O–H groups in total. The first-order valence-corrected chi connectivity index (χ1v) is 6.06. The number of nitrogens with two attached hydrogens (primary N) is 1. The van der Waals surface area contributed by atoms with Crippen LogP contribution in [0.3, 0.4) is 0 Å². The molecule has 0 heterocycles. The first kappa shape index (κ1) is 14.9. The van der Waals surface area contributed by atoms with Crippen molar-refractivity contribution in [2.45, 2.75) is 13.5 Å². The van der Waals surface area contributed by atoms with Crippen LogP contribution in [-0.4, -0.2) is 5.91 Å². The van der Waals surface area contributed by atoms with E-state index in [4.69, 9.17) is 10.5 Å². The fraction of sp³-hybridized carbons (Fsp3) is 0.133. The summed E-state index contributed by atoms with van der Waals surface area (Å²) >= 11 is 0. The molecule has 0 aromatic heterocycles. The van der Waals surface area contributed by atoms with Gasteiger partial charge in [0.25, 0.3) is 5.91 Å². The van der Waals surface area contributed by atoms with Crippen LogP contribution in [0, 0.1) is 24.4 Å². The molecule has 0 aliphatic rings. The highest BCUT2D eigenvalue weighted by Crippen LogP contribution is 2.24. The molecule has 0 spiro atoms. The lowest BCUT2D eigenvalue weighted by atomic mass is 10.1. The summed E-state index contributed by atoms with van der Waals surface area (Å²) < 4.78 is 46.1. The molecule has 0 atom stereocenters. The molecule has 0 saturated carbocycles. The molecule has 3 nitrogen and oxygen atoms in total. The molecule has 2 aromatic rings. The minimum Gasteiger partial charge on any atom is -0.486 e. The predicted molar refractivity (Wildman–Crippen MR) is 70.3 cm³/mol. The molecule has 2 aromatic carbocycles. The molecule has 2 rings (SSSR count). The van der Waals surface area contributed by atoms with Crippen LogP contribution in [0.4, 0.5) is 13.2 Å². The molecular weight excluding hydrogens is 283 g/mol. The number of carbonyl (C=O) groups excluding carboxylic acids is 1. The van der Waals surface area contributed by atoms with Gasteiger partial charge in [0.15, 0.2) is 11.6 Å². The SMILES string of the molecule is Cc1cccc(COc2ccc(F)c(C(N)=O)c2F)c1F. The molecule has 1 amide bonds. The number of aryl methyl sites for hydroxylation is 1. The summed E-state index contributed by atoms with van der Waals surface area (Å²) in [6, 6.07) is 6.59. The fourth-order valence-corrected chi connectivity index (χ4v) is 1.85. The summed E-state index contributed by atoms with van der Waals surface area (Å²) in [5.74, 6) is -4.34. The Labute approximate surface area is 119 Å². The van der Waals surface area contributed by atoms with Gasteiger partial charge < -0.3 is 10.5 Å². The molecule has 0 radical (unpaired) electrons. The van der Waals surface area contributed by atoms with E-state index < -0.39 is 28.9 Å². The van der Waals surface area contributed by atoms with Gasteiger partial charge in [-0.3, -0.25) is 4.79 Å². The number of rotatable bonds is 4. The van der Waals surface area contributed by atoms with Crippen molar-refractivity contribution >= 4 is 5.91 Å². The van der Waals surface area contributed by atoms with Crippen LogP contribution in [-0.2, 0) is 6.61 Å². The first-order valence-electron chi connectivity index (χ1n) is 6.06. The number of hydrogen-bond donors (Lipinski definition) is 1. The Morgan fingerprint density at radius 1 is 1.14 bits per heavy atom. The number of primary amides is 1. The van der Waals surface area contributed by atoms with Crippen LogP contribution < -0.4 is 10.5 Å². The predicted octanol–water partition coefficient (Wildman–Crippen LogP) is 3.09. The lowest BCUT2D eigenvalue weighted by Crippen LogP contribution is -2.16. The Bertz CT molecular complexity index is 702. The van der Waals surface area contributed by atoms with Crippen LogP contribution in [0.25, 0.3) is 0 Å². The van der Waals surface area contributed by atoms with Crippen LogP contribution >= 0.6 is 0 Å². The summed E-state index contributed by atoms with van der Waals surface area (Å²) in [6.45, 7) is 1.33. The second-order valence-corrected chi connectivity index (χ2v) is 4.44. The van der Waals surface area contributed by atoms with Gasteiger partial charge in [-0.15, -0.1) is 0 Å². The largest absolute Gasteiger partial charge is 0.486 e. The summed E-state index contributed by atoms with van der Waals surface area (Å²) in [7, 11) is 0. The van der Waals surface area contributed by atoms with Crippen LogP contribution in [0.5, 0.6) is 5.75 Å². The monoisotopic (exact) mass is 295 g/mol. The van der Waals surface area contributed by atoms with Crippen molar-refractivity contribution in [2.24, 2.45) is 5.73 Å². The highest BCUT2D eigenvalue weighted by atomic mass is 19.1. The standard InChI is InChI=1S/C15H12F3NO2/c1-8-3-2-4-9(13(8)17)7-21-11-6-5-10(16)12(14(11)18)15(19)20/h2-6H,7H2,1H3,(H2,19,20). The number of carbonyl (C=O) groups is 1. The second-order valence-electron chi connectivity index (χ2n) is 4.44. The maximum absolute atomic E-state index is 13.9. The van der Waals surface area contributed by atoms with E-state index in [0.29, 0.717) is 5.56 Å². The maximum atomic E-state index is 13.9. The van der Waals surface area contributed by atoms with E-state index in [1.165, 1.54) is 6.07 Å². The Balaban J connectivity index is 2.27. The topological polar surface area (TPSA) is 52.3 Å². The fourth-order valence-electron chi connectivity index (χ4n) is 1.85. The molecule has 110 valence electrons. The van der Waals surface area contributed by atoms with Gasteiger partial charge in [0.2, 0.25) is 0 Å². The quantitative estimate of drug-likeness (QED) is 0.942. The first-order chi connectivity index (χ1) is 9.91. The summed E-state index contributed by atoms with van der Waals surface area (Å²) in [5, 5.41) is 0. The number of benzene rings is 2. The molecule has 21 heavy (non-hydrogen) atoms. The molecule has 0 unspecified atom stereocenters. The average molecular weight is 295 g/mol. The normalized spacial score (nSPS) is 10.5. The zero-order valence-corrected chi connectivity index (χ0v) is 11.1. The van der Waals surface area contributed by atoms with Gasteiger partial charge in [0.05, 0.1) is 0 Å². The van der Waals surface area contributed by atoms with Crippen LogP contribution in [0.1, 0.15) is 21.5 Å². The highest BCUT2D eigenvalue weighted by Gasteiger charge is 2.19. The lowest BCUT2D eigenvalue weighted by molar-refractivity contribution is 0.0991. The van der Waals surface area contributed by atoms with Crippen molar-refractivity contribution in [3.05, 3.63) is 64.5 Å². The van der Waals surface area contributed by atoms with Gasteiger partial charge >= 0.3 is 0 Å². The Hall–Kier alpha value is -2.50. The lowest BCUT2D eigenvalue weighted by Gasteiger charge is -2.11. The minimum atomic E-state index is -1.24. The zero-order valence-electron chi connectivity index (χ0n) is 11.1. The van der Waals surface area contributed by atoms with E-state index in [9.17, 15) is 18.0 Å². The third-order valence-electron chi connectivity index (χ3n) is 2.96. The number of amides is 1. The summed E-state index contributed by atoms with van der Waals surface area (Å²) in [4.78, 5) is 11.0. The van der Waals surface area contributed by atoms with Crippen LogP contribution in [0.15, 0.2) is 30.3 Å². The smallest absolute Gasteiger partial charge is 0.254 e. The molecular formula is C15H12F3NO2. The Morgan fingerprint density at radius 2 is 1.86 bits per heavy atom. The third kappa shape index (κ3) is 2.99. The van der Waals surface area contributed by atoms with Crippen molar-refractivity contribution in [3.63, 3.8) is 0 Å². The average Bonchev–Trinajstić information content (AvgIpc) is 2.42. The molecule has 0 saturated heterocycles. The molecule has 0 fully saturated rings. The van der Waals surface area contributed by atoms with Gasteiger partial charge in [0, 0.05) is 5.56 Å². The third-order valence-corrected chi connectivity index (χ3v) is 2.96. The van der Waals surface area contributed by atoms with E-state index in [0.717, 1.165) is 12.1 Å². The van der Waals surface area contributed by atoms with E-state index in [1.54, 1.807) is 19.1 Å². The van der Waals surface area contributed by atoms with Crippen molar-refractivity contribution in [1.29, 1.82) is 0 Å². The molecule has 0 aliphatic heterocycles. The van der Waals surface area contributed by atoms with Crippen molar-refractivity contribution < 1.29 is 22.7 Å². The Morgan fingerprint density at radius 3 is 2.52 bits per heavy atom. The van der Waals surface area contributed by atoms with E-state index in [-0.39, 0.29) is 17.9 Å². The van der Waals surface area contributed by atoms with Crippen molar-refractivity contribution in [1.82, 2.24) is 0 Å². The maximum Gasteiger partial charge on any atom is 0.254 e. The highest BCUT2D eigenvalue weighted by molar-refractivity contribution is 5.93. The van der Waals surface area contributed by atoms with E-state index in [1.807, 2.05) is 0 Å². The molecule has 0 aliphatic carbocycles. The van der Waals surface area contributed by atoms with Gasteiger partial charge in [-0.2, -0.15) is 0 Å². The summed E-state index contributed by atoms with van der Waals surface area (Å²) in [5.41, 5.74) is 4.67. The zero-order chi connectivity index (χ0) is 15.6. The number of ether oxygens (including phenoxy) is 1. The van der Waals surface area contributed by atoms with Crippen molar-refractivity contribution in [2.75, 3.05) is 0 Å². The van der Waals surface area contributed by atoms with Crippen LogP contribution in [0.2, 0.25) is 0 Å². The number of halogens is 3. The second kappa shape index (κ2) is 5.87. The molecule has 0 bridgehead atoms. The van der Waals surface area contributed by atoms with Gasteiger partial charge in [-0.25, -0.2) is 13.2 Å². The van der Waals surface area contributed by atoms with E-state index >= 15 is 0 Å².